The first kappa shape index (κ1) is 23.3. The molecule has 2 aromatic rings. The van der Waals surface area contributed by atoms with E-state index in [1.807, 2.05) is 17.1 Å². The molecule has 0 aromatic carbocycles. The minimum atomic E-state index is -1.59. The molecule has 2 bridgehead atoms. The molecule has 2 aromatic heterocycles. The second-order valence-corrected chi connectivity index (χ2v) is 9.99. The fraction of sp³-hybridized carbons (Fsp3) is 0.385. The van der Waals surface area contributed by atoms with Crippen LogP contribution in [0.2, 0.25) is 0 Å². The zero-order valence-electron chi connectivity index (χ0n) is 20.6. The molecule has 190 valence electrons. The average molecular weight is 502 g/mol. The molecule has 11 heteroatoms. The van der Waals surface area contributed by atoms with Crippen LogP contribution >= 0.6 is 0 Å². The summed E-state index contributed by atoms with van der Waals surface area (Å²) in [4.78, 5) is 18.6. The van der Waals surface area contributed by atoms with Gasteiger partial charge in [0.25, 0.3) is 5.91 Å². The number of nitrogens with two attached hydrogens (primary N) is 1. The first-order chi connectivity index (χ1) is 17.6. The Kier molecular flexibility index (Phi) is 5.15. The third-order valence-electron chi connectivity index (χ3n) is 7.48. The smallest absolute Gasteiger partial charge is 0.266 e. The van der Waals surface area contributed by atoms with Crippen LogP contribution in [0.1, 0.15) is 36.9 Å². The number of aliphatic hydroxyl groups is 2. The van der Waals surface area contributed by atoms with E-state index in [0.717, 1.165) is 12.1 Å². The Bertz CT molecular complexity index is 1480. The van der Waals surface area contributed by atoms with E-state index in [1.165, 1.54) is 6.92 Å². The van der Waals surface area contributed by atoms with Gasteiger partial charge in [0.15, 0.2) is 5.60 Å². The standard InChI is InChI=1S/C26H27N7O4/c1-13-29-25(31-37-13)26(2,36)8-6-14-4-5-17-15-11-16(12-15)33-21(22(34)19-7-9-28-32(19)3)20(23(27)35)30-24(33)18(17)10-14/h4-5,7,9-11,15,17-18,22,24,30,34,36H,12H2,1-3H3,(H2,27,35). The minimum absolute atomic E-state index is 0.0847. The maximum absolute atomic E-state index is 12.5. The molecule has 7 rings (SSSR count). The molecule has 3 aliphatic heterocycles. The Morgan fingerprint density at radius 2 is 2.16 bits per heavy atom. The normalized spacial score (nSPS) is 27.9. The van der Waals surface area contributed by atoms with E-state index in [1.54, 1.807) is 30.9 Å². The third-order valence-corrected chi connectivity index (χ3v) is 7.48. The van der Waals surface area contributed by atoms with Crippen LogP contribution in [-0.2, 0) is 17.4 Å². The van der Waals surface area contributed by atoms with E-state index < -0.39 is 17.6 Å². The van der Waals surface area contributed by atoms with Crippen LogP contribution in [0.5, 0.6) is 0 Å². The lowest BCUT2D eigenvalue weighted by Gasteiger charge is -2.35. The fourth-order valence-electron chi connectivity index (χ4n) is 5.57. The van der Waals surface area contributed by atoms with Crippen molar-refractivity contribution in [3.8, 4) is 11.8 Å². The molecule has 5 heterocycles. The first-order valence-electron chi connectivity index (χ1n) is 12.1. The Balaban J connectivity index is 1.36. The summed E-state index contributed by atoms with van der Waals surface area (Å²) in [5.74, 6) is 6.12. The van der Waals surface area contributed by atoms with Gasteiger partial charge in [0.2, 0.25) is 11.7 Å². The Labute approximate surface area is 213 Å². The molecule has 5 N–H and O–H groups in total. The fourth-order valence-corrected chi connectivity index (χ4v) is 5.57. The van der Waals surface area contributed by atoms with Crippen molar-refractivity contribution in [3.05, 3.63) is 76.6 Å². The van der Waals surface area contributed by atoms with Crippen molar-refractivity contribution in [1.29, 1.82) is 0 Å². The van der Waals surface area contributed by atoms with E-state index in [0.29, 0.717) is 28.8 Å². The zero-order chi connectivity index (χ0) is 26.1. The summed E-state index contributed by atoms with van der Waals surface area (Å²) in [6, 6.07) is 1.72. The summed E-state index contributed by atoms with van der Waals surface area (Å²) < 4.78 is 6.56. The number of aromatic nitrogens is 4. The molecule has 0 saturated carbocycles. The second-order valence-electron chi connectivity index (χ2n) is 9.99. The Morgan fingerprint density at radius 1 is 1.38 bits per heavy atom. The lowest BCUT2D eigenvalue weighted by molar-refractivity contribution is -0.115. The van der Waals surface area contributed by atoms with E-state index >= 15 is 0 Å². The van der Waals surface area contributed by atoms with E-state index in [9.17, 15) is 15.0 Å². The van der Waals surface area contributed by atoms with Gasteiger partial charge in [-0.25, -0.2) is 0 Å². The number of carbonyl (C=O) groups is 1. The molecule has 6 atom stereocenters. The van der Waals surface area contributed by atoms with Crippen LogP contribution in [0.4, 0.5) is 0 Å². The average Bonchev–Trinajstić information content (AvgIpc) is 3.53. The number of carbonyl (C=O) groups excluding carboxylic acids is 1. The molecule has 0 radical (unpaired) electrons. The molecule has 1 fully saturated rings. The van der Waals surface area contributed by atoms with Gasteiger partial charge in [-0.15, -0.1) is 0 Å². The van der Waals surface area contributed by atoms with Crippen LogP contribution in [0.3, 0.4) is 0 Å². The monoisotopic (exact) mass is 501 g/mol. The van der Waals surface area contributed by atoms with Gasteiger partial charge in [-0.2, -0.15) is 10.1 Å². The first-order valence-corrected chi connectivity index (χ1v) is 12.1. The summed E-state index contributed by atoms with van der Waals surface area (Å²) in [7, 11) is 1.74. The lowest BCUT2D eigenvalue weighted by atomic mass is 9.72. The number of rotatable bonds is 4. The quantitative estimate of drug-likeness (QED) is 0.441. The molecular formula is C26H27N7O4. The summed E-state index contributed by atoms with van der Waals surface area (Å²) in [6.07, 6.45) is 9.30. The summed E-state index contributed by atoms with van der Waals surface area (Å²) in [5.41, 5.74) is 7.12. The predicted octanol–water partition coefficient (Wildman–Crippen LogP) is 0.630. The van der Waals surface area contributed by atoms with E-state index in [2.05, 4.69) is 44.5 Å². The molecule has 1 amide bonds. The Hall–Kier alpha value is -4.14. The molecular weight excluding hydrogens is 474 g/mol. The molecule has 37 heavy (non-hydrogen) atoms. The summed E-state index contributed by atoms with van der Waals surface area (Å²) in [5, 5.41) is 33.4. The second kappa shape index (κ2) is 8.19. The van der Waals surface area contributed by atoms with Crippen molar-refractivity contribution in [2.75, 3.05) is 0 Å². The van der Waals surface area contributed by atoms with Crippen LogP contribution in [-0.4, -0.2) is 47.1 Å². The number of nitrogens with one attached hydrogen (secondary N) is 1. The maximum atomic E-state index is 12.5. The van der Waals surface area contributed by atoms with Crippen molar-refractivity contribution >= 4 is 5.91 Å². The highest BCUT2D eigenvalue weighted by Gasteiger charge is 2.51. The largest absolute Gasteiger partial charge is 0.380 e. The van der Waals surface area contributed by atoms with E-state index in [-0.39, 0.29) is 29.5 Å². The number of amides is 1. The van der Waals surface area contributed by atoms with Crippen molar-refractivity contribution in [3.63, 3.8) is 0 Å². The van der Waals surface area contributed by atoms with Crippen LogP contribution in [0.25, 0.3) is 0 Å². The van der Waals surface area contributed by atoms with Gasteiger partial charge in [0.05, 0.1) is 11.4 Å². The SMILES string of the molecule is Cc1nc(C(C)(O)C#CC2=CC3C(C=C2)C2C=C(C2)N2C(C(O)c4ccnn4C)=C(C(N)=O)NC32)no1. The number of aliphatic hydroxyl groups excluding tert-OH is 1. The molecule has 6 unspecified atom stereocenters. The van der Waals surface area contributed by atoms with Crippen molar-refractivity contribution in [2.45, 2.75) is 38.1 Å². The Morgan fingerprint density at radius 3 is 2.81 bits per heavy atom. The number of nitrogens with zero attached hydrogens (tertiary/aromatic N) is 5. The maximum Gasteiger partial charge on any atom is 0.266 e. The van der Waals surface area contributed by atoms with Crippen LogP contribution < -0.4 is 11.1 Å². The third kappa shape index (κ3) is 3.68. The molecule has 1 saturated heterocycles. The predicted molar refractivity (Wildman–Crippen MR) is 130 cm³/mol. The van der Waals surface area contributed by atoms with Gasteiger partial charge < -0.3 is 30.7 Å². The highest BCUT2D eigenvalue weighted by Crippen LogP contribution is 2.52. The number of primary amides is 1. The van der Waals surface area contributed by atoms with Gasteiger partial charge in [-0.05, 0) is 31.2 Å². The van der Waals surface area contributed by atoms with Gasteiger partial charge in [-0.1, -0.05) is 41.3 Å². The van der Waals surface area contributed by atoms with Crippen LogP contribution in [0.15, 0.2) is 63.8 Å². The molecule has 5 aliphatic rings. The number of allylic oxidation sites excluding steroid dienone is 5. The summed E-state index contributed by atoms with van der Waals surface area (Å²) >= 11 is 0. The van der Waals surface area contributed by atoms with E-state index in [4.69, 9.17) is 10.3 Å². The molecule has 2 aliphatic carbocycles. The zero-order valence-corrected chi connectivity index (χ0v) is 20.6. The number of hydrogen-bond acceptors (Lipinski definition) is 9. The highest BCUT2D eigenvalue weighted by molar-refractivity contribution is 5.93. The van der Waals surface area contributed by atoms with Gasteiger partial charge in [-0.3, -0.25) is 9.48 Å². The number of hydrogen-bond donors (Lipinski definition) is 4. The highest BCUT2D eigenvalue weighted by atomic mass is 16.5. The van der Waals surface area contributed by atoms with Gasteiger partial charge in [0, 0.05) is 37.4 Å². The minimum Gasteiger partial charge on any atom is -0.380 e. The number of aryl methyl sites for hydroxylation is 2. The van der Waals surface area contributed by atoms with Crippen molar-refractivity contribution in [2.24, 2.45) is 30.5 Å². The molecule has 0 spiro atoms. The van der Waals surface area contributed by atoms with Crippen molar-refractivity contribution in [1.82, 2.24) is 30.1 Å². The van der Waals surface area contributed by atoms with Gasteiger partial charge >= 0.3 is 0 Å². The lowest BCUT2D eigenvalue weighted by Crippen LogP contribution is -2.44. The molecule has 11 nitrogen and oxygen atoms in total. The van der Waals surface area contributed by atoms with Crippen molar-refractivity contribution < 1.29 is 19.5 Å². The topological polar surface area (TPSA) is 156 Å². The van der Waals surface area contributed by atoms with Gasteiger partial charge in [0.1, 0.15) is 18.0 Å². The summed E-state index contributed by atoms with van der Waals surface area (Å²) in [6.45, 7) is 3.16. The van der Waals surface area contributed by atoms with Crippen LogP contribution in [0, 0.1) is 36.5 Å².